The van der Waals surface area contributed by atoms with Crippen molar-refractivity contribution in [3.8, 4) is 17.1 Å². The largest absolute Gasteiger partial charge is 0.495 e. The molecule has 1 aliphatic rings. The first-order valence-electron chi connectivity index (χ1n) is 10.3. The normalized spacial score (nSPS) is 14.6. The van der Waals surface area contributed by atoms with Crippen LogP contribution in [0.3, 0.4) is 0 Å². The van der Waals surface area contributed by atoms with Gasteiger partial charge in [-0.15, -0.1) is 0 Å². The molecule has 158 valence electrons. The number of anilines is 2. The van der Waals surface area contributed by atoms with Gasteiger partial charge in [0.15, 0.2) is 5.82 Å². The van der Waals surface area contributed by atoms with E-state index in [-0.39, 0.29) is 5.69 Å². The summed E-state index contributed by atoms with van der Waals surface area (Å²) in [5.74, 6) is 0.965. The molecule has 31 heavy (non-hydrogen) atoms. The third kappa shape index (κ3) is 3.82. The van der Waals surface area contributed by atoms with Crippen LogP contribution >= 0.6 is 0 Å². The fourth-order valence-corrected chi connectivity index (χ4v) is 4.07. The Bertz CT molecular complexity index is 1220. The molecule has 1 saturated heterocycles. The lowest BCUT2D eigenvalue weighted by atomic mass is 9.90. The van der Waals surface area contributed by atoms with Crippen molar-refractivity contribution < 1.29 is 9.13 Å². The molecule has 0 aliphatic carbocycles. The fraction of sp³-hybridized carbons (Fsp3) is 0.261. The molecule has 4 aromatic rings. The zero-order valence-electron chi connectivity index (χ0n) is 17.2. The number of pyridine rings is 1. The summed E-state index contributed by atoms with van der Waals surface area (Å²) in [4.78, 5) is 12.9. The molecule has 0 spiro atoms. The third-order valence-electron chi connectivity index (χ3n) is 5.68. The minimum atomic E-state index is -0.508. The first-order valence-corrected chi connectivity index (χ1v) is 10.3. The molecule has 8 heteroatoms. The van der Waals surface area contributed by atoms with Crippen LogP contribution in [0.1, 0.15) is 24.3 Å². The molecular weight excluding hydrogens is 395 g/mol. The number of nitrogens with one attached hydrogen (secondary N) is 2. The highest BCUT2D eigenvalue weighted by Crippen LogP contribution is 2.34. The third-order valence-corrected chi connectivity index (χ3v) is 5.68. The Hall–Kier alpha value is -3.52. The van der Waals surface area contributed by atoms with Gasteiger partial charge in [-0.25, -0.2) is 19.3 Å². The Morgan fingerprint density at radius 1 is 1.13 bits per heavy atom. The fourth-order valence-electron chi connectivity index (χ4n) is 4.07. The number of fused-ring (bicyclic) bond motifs is 1. The van der Waals surface area contributed by atoms with E-state index in [1.807, 2.05) is 30.5 Å². The van der Waals surface area contributed by atoms with Crippen LogP contribution in [0.15, 0.2) is 55.0 Å². The Morgan fingerprint density at radius 2 is 2.00 bits per heavy atom. The van der Waals surface area contributed by atoms with Crippen LogP contribution in [-0.2, 0) is 0 Å². The zero-order valence-corrected chi connectivity index (χ0v) is 17.2. The van der Waals surface area contributed by atoms with Gasteiger partial charge < -0.3 is 15.4 Å². The molecule has 0 amide bonds. The average molecular weight is 418 g/mol. The number of aromatic nitrogens is 4. The van der Waals surface area contributed by atoms with Crippen LogP contribution in [-0.4, -0.2) is 39.6 Å². The van der Waals surface area contributed by atoms with Gasteiger partial charge >= 0.3 is 0 Å². The zero-order chi connectivity index (χ0) is 21.2. The molecule has 5 rings (SSSR count). The molecule has 2 N–H and O–H groups in total. The molecule has 0 atom stereocenters. The number of halogens is 1. The van der Waals surface area contributed by atoms with Crippen LogP contribution in [0, 0.1) is 5.82 Å². The summed E-state index contributed by atoms with van der Waals surface area (Å²) in [6, 6.07) is 11.8. The SMILES string of the molecule is COc1ccc(C2CCNCC2)cc1Nc1ncc(F)c(-c2cnc3ccccn23)n1. The van der Waals surface area contributed by atoms with Gasteiger partial charge in [-0.3, -0.25) is 4.40 Å². The van der Waals surface area contributed by atoms with Crippen molar-refractivity contribution in [2.24, 2.45) is 0 Å². The van der Waals surface area contributed by atoms with Gasteiger partial charge in [-0.2, -0.15) is 0 Å². The quantitative estimate of drug-likeness (QED) is 0.507. The van der Waals surface area contributed by atoms with Crippen molar-refractivity contribution in [1.82, 2.24) is 24.7 Å². The van der Waals surface area contributed by atoms with Crippen molar-refractivity contribution >= 4 is 17.3 Å². The number of nitrogens with zero attached hydrogens (tertiary/aromatic N) is 4. The minimum Gasteiger partial charge on any atom is -0.495 e. The number of benzene rings is 1. The summed E-state index contributed by atoms with van der Waals surface area (Å²) in [6.07, 6.45) is 6.81. The molecule has 0 bridgehead atoms. The molecule has 3 aromatic heterocycles. The lowest BCUT2D eigenvalue weighted by Gasteiger charge is -2.24. The van der Waals surface area contributed by atoms with Crippen molar-refractivity contribution in [2.75, 3.05) is 25.5 Å². The highest BCUT2D eigenvalue weighted by Gasteiger charge is 2.18. The van der Waals surface area contributed by atoms with E-state index < -0.39 is 5.82 Å². The standard InChI is InChI=1S/C23H23FN6O/c1-31-20-6-5-16(15-7-9-25-10-8-15)12-18(20)28-23-27-13-17(24)22(29-23)19-14-26-21-4-2-3-11-30(19)21/h2-6,11-15,25H,7-10H2,1H3,(H,27,28,29). The van der Waals surface area contributed by atoms with Crippen molar-refractivity contribution in [1.29, 1.82) is 0 Å². The van der Waals surface area contributed by atoms with E-state index >= 15 is 0 Å². The van der Waals surface area contributed by atoms with E-state index in [1.165, 1.54) is 11.8 Å². The first kappa shape index (κ1) is 19.4. The Balaban J connectivity index is 1.50. The summed E-state index contributed by atoms with van der Waals surface area (Å²) in [7, 11) is 1.63. The summed E-state index contributed by atoms with van der Waals surface area (Å²) in [5, 5.41) is 6.62. The maximum atomic E-state index is 14.6. The van der Waals surface area contributed by atoms with E-state index in [9.17, 15) is 4.39 Å². The second-order valence-corrected chi connectivity index (χ2v) is 7.57. The Kier molecular flexibility index (Phi) is 5.21. The van der Waals surface area contributed by atoms with Crippen LogP contribution in [0.5, 0.6) is 5.75 Å². The Labute approximate surface area is 179 Å². The molecule has 1 aromatic carbocycles. The maximum absolute atomic E-state index is 14.6. The number of ether oxygens (including phenoxy) is 1. The van der Waals surface area contributed by atoms with Gasteiger partial charge in [0, 0.05) is 6.20 Å². The average Bonchev–Trinajstić information content (AvgIpc) is 3.25. The molecule has 1 fully saturated rings. The Morgan fingerprint density at radius 3 is 2.84 bits per heavy atom. The van der Waals surface area contributed by atoms with Crippen LogP contribution in [0.2, 0.25) is 0 Å². The van der Waals surface area contributed by atoms with E-state index in [4.69, 9.17) is 4.74 Å². The van der Waals surface area contributed by atoms with E-state index in [0.717, 1.165) is 37.3 Å². The van der Waals surface area contributed by atoms with E-state index in [1.54, 1.807) is 17.7 Å². The van der Waals surface area contributed by atoms with Gasteiger partial charge in [0.05, 0.1) is 30.9 Å². The van der Waals surface area contributed by atoms with Gasteiger partial charge in [0.1, 0.15) is 17.1 Å². The number of imidazole rings is 1. The maximum Gasteiger partial charge on any atom is 0.228 e. The number of methoxy groups -OCH3 is 1. The lowest BCUT2D eigenvalue weighted by molar-refractivity contribution is 0.415. The van der Waals surface area contributed by atoms with Crippen molar-refractivity contribution in [3.63, 3.8) is 0 Å². The second-order valence-electron chi connectivity index (χ2n) is 7.57. The van der Waals surface area contributed by atoms with Crippen molar-refractivity contribution in [3.05, 3.63) is 66.4 Å². The molecule has 7 nitrogen and oxygen atoms in total. The number of rotatable bonds is 5. The van der Waals surface area contributed by atoms with Crippen molar-refractivity contribution in [2.45, 2.75) is 18.8 Å². The van der Waals surface area contributed by atoms with Gasteiger partial charge in [0.2, 0.25) is 5.95 Å². The molecule has 0 unspecified atom stereocenters. The molecule has 4 heterocycles. The number of hydrogen-bond acceptors (Lipinski definition) is 6. The smallest absolute Gasteiger partial charge is 0.228 e. The topological polar surface area (TPSA) is 76.4 Å². The minimum absolute atomic E-state index is 0.185. The van der Waals surface area contributed by atoms with Gasteiger partial charge in [0.25, 0.3) is 0 Å². The van der Waals surface area contributed by atoms with E-state index in [0.29, 0.717) is 23.3 Å². The molecule has 0 saturated carbocycles. The molecule has 1 aliphatic heterocycles. The molecular formula is C23H23FN6O. The lowest BCUT2D eigenvalue weighted by Crippen LogP contribution is -2.26. The summed E-state index contributed by atoms with van der Waals surface area (Å²) in [6.45, 7) is 2.03. The van der Waals surface area contributed by atoms with Crippen LogP contribution in [0.25, 0.3) is 17.0 Å². The number of piperidine rings is 1. The van der Waals surface area contributed by atoms with Crippen LogP contribution in [0.4, 0.5) is 16.0 Å². The molecule has 0 radical (unpaired) electrons. The number of hydrogen-bond donors (Lipinski definition) is 2. The summed E-state index contributed by atoms with van der Waals surface area (Å²) in [5.41, 5.74) is 3.48. The highest BCUT2D eigenvalue weighted by atomic mass is 19.1. The summed E-state index contributed by atoms with van der Waals surface area (Å²) >= 11 is 0. The van der Waals surface area contributed by atoms with Gasteiger partial charge in [-0.1, -0.05) is 12.1 Å². The van der Waals surface area contributed by atoms with Crippen LogP contribution < -0.4 is 15.4 Å². The highest BCUT2D eigenvalue weighted by molar-refractivity contribution is 5.66. The predicted molar refractivity (Wildman–Crippen MR) is 117 cm³/mol. The second kappa shape index (κ2) is 8.31. The summed E-state index contributed by atoms with van der Waals surface area (Å²) < 4.78 is 22.0. The monoisotopic (exact) mass is 418 g/mol. The first-order chi connectivity index (χ1) is 15.2. The van der Waals surface area contributed by atoms with Gasteiger partial charge in [-0.05, 0) is 61.7 Å². The predicted octanol–water partition coefficient (Wildman–Crippen LogP) is 4.15. The van der Waals surface area contributed by atoms with E-state index in [2.05, 4.69) is 37.7 Å².